The maximum absolute atomic E-state index is 5.41. The summed E-state index contributed by atoms with van der Waals surface area (Å²) < 4.78 is 10.6. The molecule has 4 heteroatoms. The number of nitrogens with zero attached hydrogens (tertiary/aromatic N) is 2. The largest absolute Gasteiger partial charge is 0.497 e. The summed E-state index contributed by atoms with van der Waals surface area (Å²) in [5.74, 6) is 2.42. The Morgan fingerprint density at radius 2 is 1.82 bits per heavy atom. The predicted octanol–water partition coefficient (Wildman–Crippen LogP) is 4.47. The number of rotatable bonds is 9. The van der Waals surface area contributed by atoms with Crippen LogP contribution in [-0.2, 0) is 6.42 Å². The molecule has 0 bridgehead atoms. The molecule has 3 rings (SSSR count). The van der Waals surface area contributed by atoms with Crippen LogP contribution < -0.4 is 9.47 Å². The average molecular weight is 381 g/mol. The number of aliphatic imine (C=N–C) groups is 1. The molecule has 0 unspecified atom stereocenters. The highest BCUT2D eigenvalue weighted by atomic mass is 16.5. The highest BCUT2D eigenvalue weighted by molar-refractivity contribution is 5.83. The van der Waals surface area contributed by atoms with E-state index in [-0.39, 0.29) is 0 Å². The maximum Gasteiger partial charge on any atom is 0.131 e. The summed E-state index contributed by atoms with van der Waals surface area (Å²) in [7, 11) is 3.33. The first-order chi connectivity index (χ1) is 13.8. The van der Waals surface area contributed by atoms with E-state index in [1.807, 2.05) is 24.4 Å². The van der Waals surface area contributed by atoms with Crippen LogP contribution in [0.15, 0.2) is 53.5 Å². The Kier molecular flexibility index (Phi) is 7.92. The zero-order valence-corrected chi connectivity index (χ0v) is 17.1. The van der Waals surface area contributed by atoms with Crippen LogP contribution in [0.2, 0.25) is 0 Å². The monoisotopic (exact) mass is 380 g/mol. The maximum atomic E-state index is 5.41. The van der Waals surface area contributed by atoms with Crippen molar-refractivity contribution in [2.45, 2.75) is 25.7 Å². The third-order valence-corrected chi connectivity index (χ3v) is 5.51. The molecule has 1 aliphatic heterocycles. The zero-order chi connectivity index (χ0) is 19.6. The standard InChI is InChI=1S/C24H32N2O2/c1-27-23-10-9-22(24(18-23)28-2)19-25-13-6-14-26-15-11-21(12-16-26)17-20-7-4-3-5-8-20/h3-5,7-10,18-19,21H,6,11-17H2,1-2H3. The van der Waals surface area contributed by atoms with Crippen LogP contribution in [0.5, 0.6) is 11.5 Å². The van der Waals surface area contributed by atoms with Gasteiger partial charge < -0.3 is 14.4 Å². The molecule has 1 aliphatic rings. The van der Waals surface area contributed by atoms with E-state index in [2.05, 4.69) is 40.2 Å². The van der Waals surface area contributed by atoms with Gasteiger partial charge in [0.05, 0.1) is 14.2 Å². The lowest BCUT2D eigenvalue weighted by Gasteiger charge is -2.31. The zero-order valence-electron chi connectivity index (χ0n) is 17.1. The molecule has 0 amide bonds. The number of hydrogen-bond acceptors (Lipinski definition) is 4. The summed E-state index contributed by atoms with van der Waals surface area (Å²) in [6.07, 6.45) is 6.84. The molecule has 0 radical (unpaired) electrons. The fraction of sp³-hybridized carbons (Fsp3) is 0.458. The van der Waals surface area contributed by atoms with Crippen LogP contribution in [0.3, 0.4) is 0 Å². The van der Waals surface area contributed by atoms with Gasteiger partial charge in [-0.1, -0.05) is 30.3 Å². The molecule has 0 spiro atoms. The van der Waals surface area contributed by atoms with Crippen molar-refractivity contribution in [3.63, 3.8) is 0 Å². The van der Waals surface area contributed by atoms with Crippen molar-refractivity contribution in [3.05, 3.63) is 59.7 Å². The average Bonchev–Trinajstić information content (AvgIpc) is 2.75. The smallest absolute Gasteiger partial charge is 0.131 e. The number of methoxy groups -OCH3 is 2. The van der Waals surface area contributed by atoms with E-state index in [1.165, 1.54) is 37.9 Å². The molecule has 0 aliphatic carbocycles. The second-order valence-electron chi connectivity index (χ2n) is 7.47. The summed E-state index contributed by atoms with van der Waals surface area (Å²) in [5.41, 5.74) is 2.47. The van der Waals surface area contributed by atoms with Gasteiger partial charge in [-0.3, -0.25) is 4.99 Å². The van der Waals surface area contributed by atoms with E-state index in [4.69, 9.17) is 9.47 Å². The molecule has 1 heterocycles. The molecule has 1 saturated heterocycles. The summed E-state index contributed by atoms with van der Waals surface area (Å²) >= 11 is 0. The molecular weight excluding hydrogens is 348 g/mol. The minimum atomic E-state index is 0.795. The molecule has 150 valence electrons. The van der Waals surface area contributed by atoms with Crippen molar-refractivity contribution in [1.82, 2.24) is 4.90 Å². The molecule has 0 N–H and O–H groups in total. The van der Waals surface area contributed by atoms with Crippen molar-refractivity contribution in [1.29, 1.82) is 0 Å². The Morgan fingerprint density at radius 1 is 1.04 bits per heavy atom. The first-order valence-electron chi connectivity index (χ1n) is 10.3. The third-order valence-electron chi connectivity index (χ3n) is 5.51. The lowest BCUT2D eigenvalue weighted by molar-refractivity contribution is 0.183. The number of piperidine rings is 1. The quantitative estimate of drug-likeness (QED) is 0.475. The van der Waals surface area contributed by atoms with Gasteiger partial charge in [-0.15, -0.1) is 0 Å². The van der Waals surface area contributed by atoms with Crippen LogP contribution >= 0.6 is 0 Å². The Labute approximate surface area is 169 Å². The summed E-state index contributed by atoms with van der Waals surface area (Å²) in [4.78, 5) is 7.18. The normalized spacial score (nSPS) is 15.8. The fourth-order valence-electron chi connectivity index (χ4n) is 3.84. The molecule has 0 aromatic heterocycles. The van der Waals surface area contributed by atoms with E-state index in [9.17, 15) is 0 Å². The Morgan fingerprint density at radius 3 is 2.54 bits per heavy atom. The van der Waals surface area contributed by atoms with E-state index >= 15 is 0 Å². The number of ether oxygens (including phenoxy) is 2. The van der Waals surface area contributed by atoms with E-state index < -0.39 is 0 Å². The minimum absolute atomic E-state index is 0.795. The summed E-state index contributed by atoms with van der Waals surface area (Å²) in [6, 6.07) is 16.7. The lowest BCUT2D eigenvalue weighted by atomic mass is 9.90. The third kappa shape index (κ3) is 6.10. The second kappa shape index (κ2) is 10.9. The van der Waals surface area contributed by atoms with Crippen molar-refractivity contribution >= 4 is 6.21 Å². The van der Waals surface area contributed by atoms with Gasteiger partial charge in [0.25, 0.3) is 0 Å². The molecular formula is C24H32N2O2. The minimum Gasteiger partial charge on any atom is -0.497 e. The molecule has 4 nitrogen and oxygen atoms in total. The van der Waals surface area contributed by atoms with Gasteiger partial charge >= 0.3 is 0 Å². The van der Waals surface area contributed by atoms with E-state index in [0.29, 0.717) is 0 Å². The molecule has 1 fully saturated rings. The summed E-state index contributed by atoms with van der Waals surface area (Å²) in [6.45, 7) is 4.41. The van der Waals surface area contributed by atoms with Gasteiger partial charge in [-0.25, -0.2) is 0 Å². The van der Waals surface area contributed by atoms with Crippen LogP contribution in [-0.4, -0.2) is 51.5 Å². The highest BCUT2D eigenvalue weighted by Gasteiger charge is 2.18. The van der Waals surface area contributed by atoms with Gasteiger partial charge in [0.1, 0.15) is 11.5 Å². The van der Waals surface area contributed by atoms with E-state index in [0.717, 1.165) is 42.5 Å². The summed E-state index contributed by atoms with van der Waals surface area (Å²) in [5, 5.41) is 0. The van der Waals surface area contributed by atoms with Crippen molar-refractivity contribution < 1.29 is 9.47 Å². The van der Waals surface area contributed by atoms with Crippen molar-refractivity contribution in [3.8, 4) is 11.5 Å². The molecule has 2 aromatic rings. The van der Waals surface area contributed by atoms with Crippen molar-refractivity contribution in [2.75, 3.05) is 40.4 Å². The lowest BCUT2D eigenvalue weighted by Crippen LogP contribution is -2.35. The Balaban J connectivity index is 1.35. The second-order valence-corrected chi connectivity index (χ2v) is 7.47. The molecule has 0 atom stereocenters. The molecule has 2 aromatic carbocycles. The highest BCUT2D eigenvalue weighted by Crippen LogP contribution is 2.23. The Hall–Kier alpha value is -2.33. The first-order valence-corrected chi connectivity index (χ1v) is 10.3. The first kappa shape index (κ1) is 20.4. The number of likely N-dealkylation sites (tertiary alicyclic amines) is 1. The van der Waals surface area contributed by atoms with Gasteiger partial charge in [0.2, 0.25) is 0 Å². The van der Waals surface area contributed by atoms with Crippen LogP contribution in [0.4, 0.5) is 0 Å². The van der Waals surface area contributed by atoms with Gasteiger partial charge in [-0.2, -0.15) is 0 Å². The number of benzene rings is 2. The van der Waals surface area contributed by atoms with E-state index in [1.54, 1.807) is 14.2 Å². The Bertz CT molecular complexity index is 738. The van der Waals surface area contributed by atoms with Crippen LogP contribution in [0.25, 0.3) is 0 Å². The van der Waals surface area contributed by atoms with Crippen LogP contribution in [0.1, 0.15) is 30.4 Å². The fourth-order valence-corrected chi connectivity index (χ4v) is 3.84. The van der Waals surface area contributed by atoms with Gasteiger partial charge in [0, 0.05) is 24.4 Å². The van der Waals surface area contributed by atoms with Gasteiger partial charge in [-0.05, 0) is 68.9 Å². The van der Waals surface area contributed by atoms with Gasteiger partial charge in [0.15, 0.2) is 0 Å². The van der Waals surface area contributed by atoms with Crippen molar-refractivity contribution in [2.24, 2.45) is 10.9 Å². The van der Waals surface area contributed by atoms with Crippen LogP contribution in [0, 0.1) is 5.92 Å². The molecule has 28 heavy (non-hydrogen) atoms. The predicted molar refractivity (Wildman–Crippen MR) is 116 cm³/mol. The topological polar surface area (TPSA) is 34.1 Å². The SMILES string of the molecule is COc1ccc(C=NCCCN2CCC(Cc3ccccc3)CC2)c(OC)c1. The number of hydrogen-bond donors (Lipinski definition) is 0. The molecule has 0 saturated carbocycles.